The van der Waals surface area contributed by atoms with Gasteiger partial charge in [-0.15, -0.1) is 0 Å². The van der Waals surface area contributed by atoms with E-state index in [-0.39, 0.29) is 5.41 Å². The van der Waals surface area contributed by atoms with E-state index in [1.54, 1.807) is 18.3 Å². The van der Waals surface area contributed by atoms with Crippen molar-refractivity contribution in [3.05, 3.63) is 29.6 Å². The Morgan fingerprint density at radius 1 is 1.44 bits per heavy atom. The second-order valence-electron chi connectivity index (χ2n) is 4.83. The maximum Gasteiger partial charge on any atom is 0.338 e. The summed E-state index contributed by atoms with van der Waals surface area (Å²) in [7, 11) is 0. The maximum atomic E-state index is 11.3. The van der Waals surface area contributed by atoms with Gasteiger partial charge >= 0.3 is 5.97 Å². The fourth-order valence-electron chi connectivity index (χ4n) is 1.81. The predicted molar refractivity (Wildman–Crippen MR) is 61.8 cm³/mol. The molecule has 0 radical (unpaired) electrons. The SMILES string of the molecule is CC(C)(C)c1[nH]c2ncccc2c1C(=O)O. The van der Waals surface area contributed by atoms with Gasteiger partial charge < -0.3 is 10.1 Å². The molecular formula is C12H14N2O2. The third-order valence-corrected chi connectivity index (χ3v) is 2.53. The third-order valence-electron chi connectivity index (χ3n) is 2.53. The van der Waals surface area contributed by atoms with Gasteiger partial charge in [0.25, 0.3) is 0 Å². The number of aromatic nitrogens is 2. The van der Waals surface area contributed by atoms with Crippen molar-refractivity contribution in [1.82, 2.24) is 9.97 Å². The van der Waals surface area contributed by atoms with E-state index < -0.39 is 5.97 Å². The zero-order chi connectivity index (χ0) is 11.9. The van der Waals surface area contributed by atoms with Crippen molar-refractivity contribution in [2.24, 2.45) is 0 Å². The van der Waals surface area contributed by atoms with E-state index in [2.05, 4.69) is 9.97 Å². The van der Waals surface area contributed by atoms with Gasteiger partial charge in [-0.1, -0.05) is 20.8 Å². The number of rotatable bonds is 1. The number of hydrogen-bond donors (Lipinski definition) is 2. The molecule has 2 aromatic rings. The summed E-state index contributed by atoms with van der Waals surface area (Å²) in [5, 5.41) is 9.93. The fraction of sp³-hybridized carbons (Fsp3) is 0.333. The molecule has 0 aliphatic rings. The molecule has 0 aromatic carbocycles. The summed E-state index contributed by atoms with van der Waals surface area (Å²) in [5.41, 5.74) is 1.43. The molecule has 2 N–H and O–H groups in total. The molecule has 0 amide bonds. The molecule has 0 atom stereocenters. The lowest BCUT2D eigenvalue weighted by Crippen LogP contribution is -2.16. The van der Waals surface area contributed by atoms with Crippen LogP contribution in [0.3, 0.4) is 0 Å². The highest BCUT2D eigenvalue weighted by Gasteiger charge is 2.26. The smallest absolute Gasteiger partial charge is 0.338 e. The van der Waals surface area contributed by atoms with E-state index in [1.165, 1.54) is 0 Å². The first-order valence-corrected chi connectivity index (χ1v) is 5.11. The summed E-state index contributed by atoms with van der Waals surface area (Å²) in [4.78, 5) is 18.5. The third kappa shape index (κ3) is 1.56. The van der Waals surface area contributed by atoms with Crippen LogP contribution in [0, 0.1) is 0 Å². The molecule has 0 aliphatic heterocycles. The molecule has 4 nitrogen and oxygen atoms in total. The Morgan fingerprint density at radius 2 is 2.12 bits per heavy atom. The summed E-state index contributed by atoms with van der Waals surface area (Å²) in [6.07, 6.45) is 1.65. The Balaban J connectivity index is 2.84. The van der Waals surface area contributed by atoms with Gasteiger partial charge in [0.05, 0.1) is 5.56 Å². The molecule has 0 bridgehead atoms. The Kier molecular flexibility index (Phi) is 2.22. The normalized spacial score (nSPS) is 11.9. The van der Waals surface area contributed by atoms with Gasteiger partial charge in [-0.25, -0.2) is 9.78 Å². The van der Waals surface area contributed by atoms with E-state index in [1.807, 2.05) is 20.8 Å². The van der Waals surface area contributed by atoms with Gasteiger partial charge in [0.1, 0.15) is 5.65 Å². The predicted octanol–water partition coefficient (Wildman–Crippen LogP) is 2.56. The molecule has 0 unspecified atom stereocenters. The number of aromatic amines is 1. The van der Waals surface area contributed by atoms with Crippen LogP contribution in [0.4, 0.5) is 0 Å². The molecule has 0 fully saturated rings. The number of aromatic carboxylic acids is 1. The van der Waals surface area contributed by atoms with Gasteiger partial charge in [0.2, 0.25) is 0 Å². The van der Waals surface area contributed by atoms with Crippen LogP contribution in [-0.4, -0.2) is 21.0 Å². The lowest BCUT2D eigenvalue weighted by molar-refractivity contribution is 0.0696. The van der Waals surface area contributed by atoms with E-state index in [0.717, 1.165) is 0 Å². The number of pyridine rings is 1. The highest BCUT2D eigenvalue weighted by Crippen LogP contribution is 2.30. The van der Waals surface area contributed by atoms with Gasteiger partial charge in [-0.2, -0.15) is 0 Å². The van der Waals surface area contributed by atoms with Crippen LogP contribution in [0.15, 0.2) is 18.3 Å². The number of nitrogens with one attached hydrogen (secondary N) is 1. The molecule has 2 heterocycles. The minimum Gasteiger partial charge on any atom is -0.478 e. The largest absolute Gasteiger partial charge is 0.478 e. The highest BCUT2D eigenvalue weighted by molar-refractivity contribution is 6.04. The lowest BCUT2D eigenvalue weighted by Gasteiger charge is -2.17. The van der Waals surface area contributed by atoms with Gasteiger partial charge in [0, 0.05) is 22.7 Å². The van der Waals surface area contributed by atoms with Crippen LogP contribution >= 0.6 is 0 Å². The van der Waals surface area contributed by atoms with Crippen molar-refractivity contribution in [1.29, 1.82) is 0 Å². The first kappa shape index (κ1) is 10.7. The van der Waals surface area contributed by atoms with E-state index in [9.17, 15) is 9.90 Å². The first-order chi connectivity index (χ1) is 7.41. The van der Waals surface area contributed by atoms with Crippen LogP contribution < -0.4 is 0 Å². The van der Waals surface area contributed by atoms with Crippen LogP contribution in [-0.2, 0) is 5.41 Å². The summed E-state index contributed by atoms with van der Waals surface area (Å²) in [5.74, 6) is -0.913. The Labute approximate surface area is 93.3 Å². The van der Waals surface area contributed by atoms with Gasteiger partial charge in [0.15, 0.2) is 0 Å². The first-order valence-electron chi connectivity index (χ1n) is 5.11. The summed E-state index contributed by atoms with van der Waals surface area (Å²) >= 11 is 0. The van der Waals surface area contributed by atoms with Gasteiger partial charge in [-0.05, 0) is 12.1 Å². The number of carbonyl (C=O) groups is 1. The molecular weight excluding hydrogens is 204 g/mol. The van der Waals surface area contributed by atoms with Crippen LogP contribution in [0.5, 0.6) is 0 Å². The van der Waals surface area contributed by atoms with E-state index >= 15 is 0 Å². The molecule has 2 aromatic heterocycles. The molecule has 4 heteroatoms. The zero-order valence-corrected chi connectivity index (χ0v) is 9.53. The minimum atomic E-state index is -0.913. The molecule has 0 saturated heterocycles. The van der Waals surface area contributed by atoms with Crippen molar-refractivity contribution < 1.29 is 9.90 Å². The Hall–Kier alpha value is -1.84. The number of hydrogen-bond acceptors (Lipinski definition) is 2. The highest BCUT2D eigenvalue weighted by atomic mass is 16.4. The molecule has 0 spiro atoms. The molecule has 2 rings (SSSR count). The minimum absolute atomic E-state index is 0.242. The van der Waals surface area contributed by atoms with E-state index in [4.69, 9.17) is 0 Å². The second kappa shape index (κ2) is 3.33. The number of nitrogens with zero attached hydrogens (tertiary/aromatic N) is 1. The molecule has 84 valence electrons. The lowest BCUT2D eigenvalue weighted by atomic mass is 9.89. The summed E-state index contributed by atoms with van der Waals surface area (Å²) in [6, 6.07) is 3.52. The average Bonchev–Trinajstić information content (AvgIpc) is 2.55. The van der Waals surface area contributed by atoms with Crippen molar-refractivity contribution in [3.63, 3.8) is 0 Å². The maximum absolute atomic E-state index is 11.3. The number of H-pyrrole nitrogens is 1. The Bertz CT molecular complexity index is 550. The second-order valence-corrected chi connectivity index (χ2v) is 4.83. The van der Waals surface area contributed by atoms with Crippen molar-refractivity contribution in [3.8, 4) is 0 Å². The topological polar surface area (TPSA) is 66.0 Å². The number of fused-ring (bicyclic) bond motifs is 1. The van der Waals surface area contributed by atoms with E-state index in [0.29, 0.717) is 22.3 Å². The van der Waals surface area contributed by atoms with Crippen LogP contribution in [0.2, 0.25) is 0 Å². The molecule has 0 aliphatic carbocycles. The monoisotopic (exact) mass is 218 g/mol. The quantitative estimate of drug-likeness (QED) is 0.773. The number of carboxylic acids is 1. The number of carboxylic acid groups (broad SMARTS) is 1. The van der Waals surface area contributed by atoms with Gasteiger partial charge in [-0.3, -0.25) is 0 Å². The van der Waals surface area contributed by atoms with Crippen molar-refractivity contribution >= 4 is 17.0 Å². The van der Waals surface area contributed by atoms with Crippen LogP contribution in [0.1, 0.15) is 36.8 Å². The summed E-state index contributed by atoms with van der Waals surface area (Å²) in [6.45, 7) is 5.93. The molecule has 0 saturated carbocycles. The van der Waals surface area contributed by atoms with Crippen LogP contribution in [0.25, 0.3) is 11.0 Å². The average molecular weight is 218 g/mol. The zero-order valence-electron chi connectivity index (χ0n) is 9.53. The van der Waals surface area contributed by atoms with Crippen molar-refractivity contribution in [2.45, 2.75) is 26.2 Å². The standard InChI is InChI=1S/C12H14N2O2/c1-12(2,3)9-8(11(15)16)7-5-4-6-13-10(7)14-9/h4-6H,1-3H3,(H,13,14)(H,15,16). The fourth-order valence-corrected chi connectivity index (χ4v) is 1.81. The summed E-state index contributed by atoms with van der Waals surface area (Å²) < 4.78 is 0. The Morgan fingerprint density at radius 3 is 2.69 bits per heavy atom. The molecule has 16 heavy (non-hydrogen) atoms. The van der Waals surface area contributed by atoms with Crippen molar-refractivity contribution in [2.75, 3.05) is 0 Å².